The molecular formula is C23H25N3O11S2. The molecule has 5 N–H and O–H groups in total. The molecule has 0 spiro atoms. The maximum absolute atomic E-state index is 11.2. The van der Waals surface area contributed by atoms with E-state index in [9.17, 15) is 22.8 Å². The molecule has 1 atom stereocenters. The second-order valence-electron chi connectivity index (χ2n) is 7.93. The molecule has 16 heteroatoms. The topological polar surface area (TPSA) is 232 Å². The number of nitrogens with one attached hydrogen (secondary N) is 1. The van der Waals surface area contributed by atoms with E-state index >= 15 is 0 Å². The summed E-state index contributed by atoms with van der Waals surface area (Å²) in [6, 6.07) is 12.7. The molecule has 0 saturated carbocycles. The number of aromatic amines is 1. The van der Waals surface area contributed by atoms with Crippen molar-refractivity contribution in [2.75, 3.05) is 0 Å². The number of imidazole rings is 1. The fourth-order valence-electron chi connectivity index (χ4n) is 3.36. The number of carbonyl (C=O) groups is 3. The summed E-state index contributed by atoms with van der Waals surface area (Å²) < 4.78 is 62.7. The van der Waals surface area contributed by atoms with Crippen LogP contribution < -0.4 is 0 Å². The number of hydrogen-bond donors (Lipinski definition) is 5. The molecule has 1 unspecified atom stereocenters. The normalized spacial score (nSPS) is 13.9. The zero-order chi connectivity index (χ0) is 29.4. The third kappa shape index (κ3) is 9.69. The number of carboxylic acid groups (broad SMARTS) is 1. The van der Waals surface area contributed by atoms with Crippen molar-refractivity contribution in [3.05, 3.63) is 60.7 Å². The Morgan fingerprint density at radius 3 is 2.03 bits per heavy atom. The van der Waals surface area contributed by atoms with Gasteiger partial charge in [-0.3, -0.25) is 28.1 Å². The molecule has 1 aliphatic rings. The number of unbranched alkanes of at least 4 members (excludes halogenated alkanes) is 1. The summed E-state index contributed by atoms with van der Waals surface area (Å²) in [5.74, 6) is -1.55. The number of aliphatic carboxylic acids is 1. The zero-order valence-electron chi connectivity index (χ0n) is 20.3. The highest BCUT2D eigenvalue weighted by Gasteiger charge is 2.35. The van der Waals surface area contributed by atoms with Crippen LogP contribution in [0.3, 0.4) is 0 Å². The molecule has 2 heterocycles. The minimum absolute atomic E-state index is 0.150. The third-order valence-corrected chi connectivity index (χ3v) is 5.92. The highest BCUT2D eigenvalue weighted by molar-refractivity contribution is 7.85. The smallest absolute Gasteiger partial charge is 0.394 e. The van der Waals surface area contributed by atoms with Crippen molar-refractivity contribution in [2.45, 2.75) is 37.1 Å². The van der Waals surface area contributed by atoms with Crippen LogP contribution in [0.1, 0.15) is 26.2 Å². The van der Waals surface area contributed by atoms with Crippen LogP contribution in [-0.4, -0.2) is 74.3 Å². The number of benzene rings is 2. The molecule has 14 nitrogen and oxygen atoms in total. The predicted octanol–water partition coefficient (Wildman–Crippen LogP) is 2.38. The average Bonchev–Trinajstić information content (AvgIpc) is 3.41. The molecule has 4 rings (SSSR count). The Hall–Kier alpha value is -3.96. The van der Waals surface area contributed by atoms with Gasteiger partial charge in [0.25, 0.3) is 21.9 Å². The molecule has 0 bridgehead atoms. The number of rotatable bonds is 7. The standard InChI is InChI=1S/C13H10N2O3S.C10H13NO4.H2O4S/c16-19(17,18)10-6-7-11-12(8-10)15-13(14-11)9-4-2-1-3-5-9;1-2-3-4-7(10(14)15)11-8(12)5-6-9(11)13;1-5(2,3)4/h1-8H,(H,14,15)(H,16,17,18);5-7H,2-4H2,1H3,(H,14,15);(H2,1,2,3,4). The number of carbonyl (C=O) groups excluding carboxylic acids is 2. The number of imide groups is 1. The van der Waals surface area contributed by atoms with Crippen molar-refractivity contribution < 1.29 is 50.0 Å². The van der Waals surface area contributed by atoms with E-state index < -0.39 is 44.3 Å². The van der Waals surface area contributed by atoms with Crippen molar-refractivity contribution >= 4 is 49.3 Å². The van der Waals surface area contributed by atoms with E-state index in [0.29, 0.717) is 29.7 Å². The summed E-state index contributed by atoms with van der Waals surface area (Å²) in [4.78, 5) is 41.5. The van der Waals surface area contributed by atoms with E-state index in [0.717, 1.165) is 29.0 Å². The molecule has 1 aromatic heterocycles. The van der Waals surface area contributed by atoms with Crippen molar-refractivity contribution in [3.63, 3.8) is 0 Å². The first-order valence-corrected chi connectivity index (χ1v) is 14.0. The van der Waals surface area contributed by atoms with E-state index in [1.807, 2.05) is 37.3 Å². The fraction of sp³-hybridized carbons (Fsp3) is 0.217. The van der Waals surface area contributed by atoms with Gasteiger partial charge in [0.2, 0.25) is 0 Å². The fourth-order valence-corrected chi connectivity index (χ4v) is 3.87. The second-order valence-corrected chi connectivity index (χ2v) is 10.2. The summed E-state index contributed by atoms with van der Waals surface area (Å²) in [7, 11) is -8.86. The van der Waals surface area contributed by atoms with Crippen molar-refractivity contribution in [1.29, 1.82) is 0 Å². The van der Waals surface area contributed by atoms with E-state index in [-0.39, 0.29) is 4.90 Å². The Kier molecular flexibility index (Phi) is 10.6. The van der Waals surface area contributed by atoms with Crippen LogP contribution in [0.5, 0.6) is 0 Å². The minimum atomic E-state index is -4.67. The lowest BCUT2D eigenvalue weighted by Crippen LogP contribution is -2.44. The van der Waals surface area contributed by atoms with Gasteiger partial charge in [-0.1, -0.05) is 50.1 Å². The van der Waals surface area contributed by atoms with Gasteiger partial charge in [-0.2, -0.15) is 16.8 Å². The lowest BCUT2D eigenvalue weighted by molar-refractivity contribution is -0.153. The van der Waals surface area contributed by atoms with Gasteiger partial charge in [0, 0.05) is 17.7 Å². The van der Waals surface area contributed by atoms with Crippen LogP contribution in [0.4, 0.5) is 0 Å². The Morgan fingerprint density at radius 2 is 1.54 bits per heavy atom. The van der Waals surface area contributed by atoms with Crippen LogP contribution in [0.15, 0.2) is 65.6 Å². The Bertz CT molecular complexity index is 1560. The lowest BCUT2D eigenvalue weighted by atomic mass is 10.1. The Morgan fingerprint density at radius 1 is 0.974 bits per heavy atom. The van der Waals surface area contributed by atoms with Gasteiger partial charge < -0.3 is 10.1 Å². The molecule has 210 valence electrons. The van der Waals surface area contributed by atoms with E-state index in [1.54, 1.807) is 6.07 Å². The highest BCUT2D eigenvalue weighted by atomic mass is 32.3. The van der Waals surface area contributed by atoms with E-state index in [1.165, 1.54) is 12.1 Å². The quantitative estimate of drug-likeness (QED) is 0.199. The van der Waals surface area contributed by atoms with Gasteiger partial charge in [-0.25, -0.2) is 9.78 Å². The summed E-state index contributed by atoms with van der Waals surface area (Å²) in [6.45, 7) is 1.92. The van der Waals surface area contributed by atoms with Gasteiger partial charge in [0.15, 0.2) is 0 Å². The first kappa shape index (κ1) is 31.3. The van der Waals surface area contributed by atoms with Gasteiger partial charge >= 0.3 is 16.4 Å². The number of fused-ring (bicyclic) bond motifs is 1. The molecule has 3 aromatic rings. The first-order valence-electron chi connectivity index (χ1n) is 11.1. The molecule has 2 amide bonds. The lowest BCUT2D eigenvalue weighted by Gasteiger charge is -2.21. The van der Waals surface area contributed by atoms with Gasteiger partial charge in [-0.05, 0) is 24.6 Å². The van der Waals surface area contributed by atoms with Crippen molar-refractivity contribution in [3.8, 4) is 11.4 Å². The zero-order valence-corrected chi connectivity index (χ0v) is 22.0. The number of hydrogen-bond acceptors (Lipinski definition) is 8. The molecular weight excluding hydrogens is 558 g/mol. The molecule has 2 aromatic carbocycles. The second kappa shape index (κ2) is 13.2. The van der Waals surface area contributed by atoms with Gasteiger partial charge in [-0.15, -0.1) is 0 Å². The van der Waals surface area contributed by atoms with Crippen molar-refractivity contribution in [2.24, 2.45) is 0 Å². The van der Waals surface area contributed by atoms with E-state index in [2.05, 4.69) is 9.97 Å². The molecule has 39 heavy (non-hydrogen) atoms. The maximum Gasteiger partial charge on any atom is 0.394 e. The first-order chi connectivity index (χ1) is 18.1. The van der Waals surface area contributed by atoms with Gasteiger partial charge in [0.1, 0.15) is 11.9 Å². The van der Waals surface area contributed by atoms with Crippen LogP contribution in [0.2, 0.25) is 0 Å². The molecule has 0 saturated heterocycles. The van der Waals surface area contributed by atoms with Gasteiger partial charge in [0.05, 0.1) is 15.9 Å². The van der Waals surface area contributed by atoms with Crippen LogP contribution >= 0.6 is 0 Å². The number of nitrogens with zero attached hydrogens (tertiary/aromatic N) is 2. The molecule has 0 aliphatic carbocycles. The van der Waals surface area contributed by atoms with Crippen LogP contribution in [0.25, 0.3) is 22.4 Å². The number of aromatic nitrogens is 2. The van der Waals surface area contributed by atoms with Crippen LogP contribution in [0, 0.1) is 0 Å². The maximum atomic E-state index is 11.2. The predicted molar refractivity (Wildman–Crippen MR) is 137 cm³/mol. The molecule has 1 aliphatic heterocycles. The van der Waals surface area contributed by atoms with Crippen molar-refractivity contribution in [1.82, 2.24) is 14.9 Å². The SMILES string of the molecule is CCCCC(C(=O)O)N1C(=O)C=CC1=O.O=S(=O)(O)O.O=S(=O)(O)c1ccc2nc(-c3ccccc3)[nH]c2c1. The highest BCUT2D eigenvalue weighted by Crippen LogP contribution is 2.22. The summed E-state index contributed by atoms with van der Waals surface area (Å²) in [6.07, 6.45) is 4.01. The van der Waals surface area contributed by atoms with E-state index in [4.69, 9.17) is 27.2 Å². The Labute approximate surface area is 223 Å². The molecule has 0 fully saturated rings. The monoisotopic (exact) mass is 583 g/mol. The minimum Gasteiger partial charge on any atom is -0.480 e. The summed E-state index contributed by atoms with van der Waals surface area (Å²) in [5, 5.41) is 8.92. The number of carboxylic acids is 1. The number of amides is 2. The Balaban J connectivity index is 0.000000239. The van der Waals surface area contributed by atoms with Crippen LogP contribution in [-0.2, 0) is 34.9 Å². The summed E-state index contributed by atoms with van der Waals surface area (Å²) in [5.41, 5.74) is 2.12. The summed E-state index contributed by atoms with van der Waals surface area (Å²) >= 11 is 0. The largest absolute Gasteiger partial charge is 0.480 e. The molecule has 0 radical (unpaired) electrons. The number of H-pyrrole nitrogens is 1. The third-order valence-electron chi connectivity index (χ3n) is 5.07. The average molecular weight is 584 g/mol.